The Kier molecular flexibility index (Phi) is 3.12. The normalized spacial score (nSPS) is 11.2. The summed E-state index contributed by atoms with van der Waals surface area (Å²) < 4.78 is 0. The van der Waals surface area contributed by atoms with Gasteiger partial charge in [-0.1, -0.05) is 18.2 Å². The van der Waals surface area contributed by atoms with E-state index in [4.69, 9.17) is 10.2 Å². The van der Waals surface area contributed by atoms with Crippen molar-refractivity contribution in [3.8, 4) is 0 Å². The van der Waals surface area contributed by atoms with Crippen molar-refractivity contribution in [2.24, 2.45) is 0 Å². The molecule has 1 heterocycles. The van der Waals surface area contributed by atoms with E-state index < -0.39 is 0 Å². The Morgan fingerprint density at radius 1 is 1.25 bits per heavy atom. The van der Waals surface area contributed by atoms with Crippen LogP contribution >= 0.6 is 0 Å². The molecule has 4 nitrogen and oxygen atoms in total. The van der Waals surface area contributed by atoms with Crippen molar-refractivity contribution in [1.82, 2.24) is 4.98 Å². The van der Waals surface area contributed by atoms with Gasteiger partial charge in [-0.25, -0.2) is 0 Å². The second-order valence-electron chi connectivity index (χ2n) is 3.88. The summed E-state index contributed by atoms with van der Waals surface area (Å²) in [5.74, 6) is 0. The van der Waals surface area contributed by atoms with E-state index in [1.165, 1.54) is 0 Å². The molecule has 0 unspecified atom stereocenters. The smallest absolute Gasteiger partial charge is 0.0724 e. The minimum atomic E-state index is -0.321. The number of anilines is 1. The number of aliphatic hydroxyl groups excluding tert-OH is 2. The van der Waals surface area contributed by atoms with Crippen molar-refractivity contribution < 1.29 is 10.2 Å². The number of aliphatic hydroxyl groups is 2. The zero-order chi connectivity index (χ0) is 11.5. The monoisotopic (exact) mass is 220 g/mol. The number of hydrogen-bond acceptors (Lipinski definition) is 3. The highest BCUT2D eigenvalue weighted by atomic mass is 16.3. The van der Waals surface area contributed by atoms with Crippen molar-refractivity contribution in [2.45, 2.75) is 13.0 Å². The van der Waals surface area contributed by atoms with Crippen molar-refractivity contribution in [2.75, 3.05) is 18.5 Å². The van der Waals surface area contributed by atoms with E-state index in [0.717, 1.165) is 22.3 Å². The van der Waals surface area contributed by atoms with E-state index in [9.17, 15) is 0 Å². The Hall–Kier alpha value is -1.52. The Labute approximate surface area is 93.9 Å². The van der Waals surface area contributed by atoms with E-state index in [1.54, 1.807) is 0 Å². The highest BCUT2D eigenvalue weighted by molar-refractivity contribution is 5.94. The number of aryl methyl sites for hydroxylation is 1. The lowest BCUT2D eigenvalue weighted by atomic mass is 10.2. The van der Waals surface area contributed by atoms with Crippen LogP contribution in [0.1, 0.15) is 5.69 Å². The van der Waals surface area contributed by atoms with Gasteiger partial charge in [0.05, 0.1) is 24.9 Å². The van der Waals surface area contributed by atoms with E-state index in [-0.39, 0.29) is 19.3 Å². The summed E-state index contributed by atoms with van der Waals surface area (Å²) in [6.07, 6.45) is 0. The molecule has 0 saturated carbocycles. The molecule has 4 N–H and O–H groups in total. The van der Waals surface area contributed by atoms with Crippen LogP contribution < -0.4 is 5.32 Å². The van der Waals surface area contributed by atoms with Gasteiger partial charge in [-0.05, 0) is 13.0 Å². The molecule has 86 valence electrons. The minimum Gasteiger partial charge on any atom is -0.394 e. The average molecular weight is 220 g/mol. The maximum atomic E-state index is 9.06. The molecule has 0 aliphatic heterocycles. The number of aromatic nitrogens is 1. The third kappa shape index (κ3) is 1.89. The number of rotatable bonds is 4. The first-order valence-corrected chi connectivity index (χ1v) is 5.31. The van der Waals surface area contributed by atoms with Gasteiger partial charge in [0.1, 0.15) is 0 Å². The first-order chi connectivity index (χ1) is 7.76. The zero-order valence-electron chi connectivity index (χ0n) is 9.20. The quantitative estimate of drug-likeness (QED) is 0.626. The van der Waals surface area contributed by atoms with Crippen LogP contribution in [0.4, 0.5) is 5.69 Å². The molecule has 2 rings (SSSR count). The molecule has 1 aromatic heterocycles. The van der Waals surface area contributed by atoms with Crippen molar-refractivity contribution in [3.05, 3.63) is 30.0 Å². The number of aromatic amines is 1. The van der Waals surface area contributed by atoms with Gasteiger partial charge < -0.3 is 20.5 Å². The Morgan fingerprint density at radius 2 is 1.94 bits per heavy atom. The highest BCUT2D eigenvalue weighted by Gasteiger charge is 2.11. The van der Waals surface area contributed by atoms with Gasteiger partial charge in [0.2, 0.25) is 0 Å². The lowest BCUT2D eigenvalue weighted by molar-refractivity contribution is 0.204. The molecule has 16 heavy (non-hydrogen) atoms. The van der Waals surface area contributed by atoms with Gasteiger partial charge in [0, 0.05) is 16.6 Å². The molecule has 0 radical (unpaired) electrons. The van der Waals surface area contributed by atoms with Gasteiger partial charge in [-0.3, -0.25) is 0 Å². The number of para-hydroxylation sites is 1. The number of benzene rings is 1. The topological polar surface area (TPSA) is 68.3 Å². The predicted molar refractivity (Wildman–Crippen MR) is 64.6 cm³/mol. The maximum Gasteiger partial charge on any atom is 0.0724 e. The molecule has 0 spiro atoms. The lowest BCUT2D eigenvalue weighted by Gasteiger charge is -2.14. The fourth-order valence-corrected chi connectivity index (χ4v) is 1.82. The SMILES string of the molecule is Cc1[nH]c2ccccc2c1NC(CO)CO. The minimum absolute atomic E-state index is 0.0879. The van der Waals surface area contributed by atoms with Crippen LogP contribution in [-0.2, 0) is 0 Å². The van der Waals surface area contributed by atoms with Crippen LogP contribution in [0.25, 0.3) is 10.9 Å². The van der Waals surface area contributed by atoms with Gasteiger partial charge in [-0.15, -0.1) is 0 Å². The summed E-state index contributed by atoms with van der Waals surface area (Å²) in [7, 11) is 0. The summed E-state index contributed by atoms with van der Waals surface area (Å²) in [5.41, 5.74) is 3.01. The number of H-pyrrole nitrogens is 1. The summed E-state index contributed by atoms with van der Waals surface area (Å²) >= 11 is 0. The Morgan fingerprint density at radius 3 is 2.62 bits per heavy atom. The zero-order valence-corrected chi connectivity index (χ0v) is 9.20. The first-order valence-electron chi connectivity index (χ1n) is 5.31. The molecule has 0 bridgehead atoms. The number of fused-ring (bicyclic) bond motifs is 1. The molecule has 0 fully saturated rings. The Balaban J connectivity index is 2.39. The van der Waals surface area contributed by atoms with Gasteiger partial charge in [-0.2, -0.15) is 0 Å². The summed E-state index contributed by atoms with van der Waals surface area (Å²) in [5, 5.41) is 22.3. The molecule has 4 heteroatoms. The average Bonchev–Trinajstić information content (AvgIpc) is 2.62. The predicted octanol–water partition coefficient (Wildman–Crippen LogP) is 1.24. The molecular formula is C12H16N2O2. The van der Waals surface area contributed by atoms with E-state index in [0.29, 0.717) is 0 Å². The molecular weight excluding hydrogens is 204 g/mol. The van der Waals surface area contributed by atoms with Crippen LogP contribution in [0.3, 0.4) is 0 Å². The number of hydrogen-bond donors (Lipinski definition) is 4. The third-order valence-corrected chi connectivity index (χ3v) is 2.68. The number of nitrogens with one attached hydrogen (secondary N) is 2. The van der Waals surface area contributed by atoms with Crippen LogP contribution in [0, 0.1) is 6.92 Å². The molecule has 1 aromatic carbocycles. The fourth-order valence-electron chi connectivity index (χ4n) is 1.82. The van der Waals surface area contributed by atoms with Crippen molar-refractivity contribution in [3.63, 3.8) is 0 Å². The standard InChI is InChI=1S/C12H16N2O2/c1-8-12(14-9(6-15)7-16)10-4-2-3-5-11(10)13-8/h2-5,9,13-16H,6-7H2,1H3. The second kappa shape index (κ2) is 4.55. The molecule has 0 amide bonds. The molecule has 2 aromatic rings. The summed E-state index contributed by atoms with van der Waals surface area (Å²) in [6.45, 7) is 1.79. The van der Waals surface area contributed by atoms with Crippen LogP contribution in [-0.4, -0.2) is 34.5 Å². The fraction of sp³-hybridized carbons (Fsp3) is 0.333. The largest absolute Gasteiger partial charge is 0.394 e. The van der Waals surface area contributed by atoms with E-state index >= 15 is 0 Å². The maximum absolute atomic E-state index is 9.06. The van der Waals surface area contributed by atoms with Crippen molar-refractivity contribution >= 4 is 16.6 Å². The molecule has 0 aliphatic carbocycles. The summed E-state index contributed by atoms with van der Waals surface area (Å²) in [6, 6.07) is 7.62. The lowest BCUT2D eigenvalue weighted by Crippen LogP contribution is -2.27. The third-order valence-electron chi connectivity index (χ3n) is 2.68. The van der Waals surface area contributed by atoms with E-state index in [1.807, 2.05) is 31.2 Å². The first kappa shape index (κ1) is 11.0. The summed E-state index contributed by atoms with van der Waals surface area (Å²) in [4.78, 5) is 3.25. The van der Waals surface area contributed by atoms with Gasteiger partial charge >= 0.3 is 0 Å². The van der Waals surface area contributed by atoms with Crippen LogP contribution in [0.5, 0.6) is 0 Å². The van der Waals surface area contributed by atoms with Gasteiger partial charge in [0.15, 0.2) is 0 Å². The van der Waals surface area contributed by atoms with E-state index in [2.05, 4.69) is 10.3 Å². The molecule has 0 saturated heterocycles. The van der Waals surface area contributed by atoms with Gasteiger partial charge in [0.25, 0.3) is 0 Å². The molecule has 0 aliphatic rings. The van der Waals surface area contributed by atoms with Crippen LogP contribution in [0.15, 0.2) is 24.3 Å². The highest BCUT2D eigenvalue weighted by Crippen LogP contribution is 2.27. The molecule has 0 atom stereocenters. The van der Waals surface area contributed by atoms with Crippen LogP contribution in [0.2, 0.25) is 0 Å². The Bertz CT molecular complexity index is 475. The van der Waals surface area contributed by atoms with Crippen molar-refractivity contribution in [1.29, 1.82) is 0 Å². The second-order valence-corrected chi connectivity index (χ2v) is 3.88.